The minimum absolute atomic E-state index is 0.432. The summed E-state index contributed by atoms with van der Waals surface area (Å²) in [6.07, 6.45) is 1.20. The van der Waals surface area contributed by atoms with Crippen molar-refractivity contribution in [1.29, 1.82) is 0 Å². The highest BCUT2D eigenvalue weighted by atomic mass is 32.1. The van der Waals surface area contributed by atoms with Crippen molar-refractivity contribution in [3.8, 4) is 11.8 Å². The zero-order chi connectivity index (χ0) is 11.8. The number of nitrogens with two attached hydrogens (primary N) is 1. The first-order valence-electron chi connectivity index (χ1n) is 5.79. The molecule has 0 aliphatic carbocycles. The van der Waals surface area contributed by atoms with Crippen molar-refractivity contribution in [2.75, 3.05) is 19.6 Å². The van der Waals surface area contributed by atoms with Crippen LogP contribution in [0.4, 0.5) is 0 Å². The normalized spacial score (nSPS) is 10.2. The Bertz CT molecular complexity index is 359. The van der Waals surface area contributed by atoms with E-state index in [1.807, 2.05) is 0 Å². The van der Waals surface area contributed by atoms with E-state index in [-0.39, 0.29) is 0 Å². The summed E-state index contributed by atoms with van der Waals surface area (Å²) in [5.41, 5.74) is 6.53. The van der Waals surface area contributed by atoms with Gasteiger partial charge in [0.15, 0.2) is 0 Å². The maximum atomic E-state index is 5.39. The lowest BCUT2D eigenvalue weighted by molar-refractivity contribution is 0.283. The molecule has 0 aliphatic rings. The summed E-state index contributed by atoms with van der Waals surface area (Å²) in [5, 5.41) is 2.11. The highest BCUT2D eigenvalue weighted by Crippen LogP contribution is 2.18. The van der Waals surface area contributed by atoms with Crippen LogP contribution in [0.25, 0.3) is 0 Å². The van der Waals surface area contributed by atoms with Gasteiger partial charge in [-0.2, -0.15) is 0 Å². The van der Waals surface area contributed by atoms with Crippen molar-refractivity contribution in [3.05, 3.63) is 21.9 Å². The second-order valence-corrected chi connectivity index (χ2v) is 4.63. The van der Waals surface area contributed by atoms with Crippen LogP contribution in [0.3, 0.4) is 0 Å². The molecule has 1 heterocycles. The molecule has 0 saturated carbocycles. The summed E-state index contributed by atoms with van der Waals surface area (Å²) in [4.78, 5) is 3.80. The fraction of sp³-hybridized carbons (Fsp3) is 0.538. The highest BCUT2D eigenvalue weighted by molar-refractivity contribution is 7.10. The lowest BCUT2D eigenvalue weighted by atomic mass is 10.2. The Morgan fingerprint density at radius 2 is 2.25 bits per heavy atom. The first kappa shape index (κ1) is 13.2. The Morgan fingerprint density at radius 1 is 1.44 bits per heavy atom. The van der Waals surface area contributed by atoms with Gasteiger partial charge in [0.2, 0.25) is 0 Å². The smallest absolute Gasteiger partial charge is 0.0555 e. The minimum atomic E-state index is 0.432. The van der Waals surface area contributed by atoms with E-state index in [2.05, 4.69) is 42.0 Å². The fourth-order valence-corrected chi connectivity index (χ4v) is 2.46. The third kappa shape index (κ3) is 3.97. The molecule has 88 valence electrons. The molecule has 3 heteroatoms. The quantitative estimate of drug-likeness (QED) is 0.795. The van der Waals surface area contributed by atoms with Crippen LogP contribution in [0.15, 0.2) is 11.4 Å². The molecular formula is C13H20N2S. The van der Waals surface area contributed by atoms with E-state index < -0.39 is 0 Å². The maximum absolute atomic E-state index is 5.39. The zero-order valence-electron chi connectivity index (χ0n) is 10.1. The summed E-state index contributed by atoms with van der Waals surface area (Å²) in [7, 11) is 0. The Labute approximate surface area is 102 Å². The summed E-state index contributed by atoms with van der Waals surface area (Å²) < 4.78 is 0. The summed E-state index contributed by atoms with van der Waals surface area (Å²) in [5.74, 6) is 6.05. The second-order valence-electron chi connectivity index (χ2n) is 3.63. The molecule has 16 heavy (non-hydrogen) atoms. The van der Waals surface area contributed by atoms with Gasteiger partial charge in [-0.15, -0.1) is 11.3 Å². The van der Waals surface area contributed by atoms with Gasteiger partial charge in [-0.1, -0.05) is 25.7 Å². The molecule has 1 rings (SSSR count). The number of rotatable bonds is 5. The van der Waals surface area contributed by atoms with Crippen LogP contribution in [0, 0.1) is 11.8 Å². The van der Waals surface area contributed by atoms with Crippen molar-refractivity contribution < 1.29 is 0 Å². The van der Waals surface area contributed by atoms with Crippen LogP contribution in [-0.4, -0.2) is 24.5 Å². The van der Waals surface area contributed by atoms with Crippen LogP contribution >= 0.6 is 11.3 Å². The minimum Gasteiger partial charge on any atom is -0.320 e. The third-order valence-electron chi connectivity index (χ3n) is 2.42. The number of nitrogens with zero attached hydrogens (tertiary/aromatic N) is 1. The number of thiophene rings is 1. The van der Waals surface area contributed by atoms with Gasteiger partial charge in [-0.25, -0.2) is 0 Å². The standard InChI is InChI=1S/C13H20N2S/c1-3-9-15(4-2)11-13-12(6-5-8-14)7-10-16-13/h7,10H,3-4,8-9,11,14H2,1-2H3. The van der Waals surface area contributed by atoms with Gasteiger partial charge < -0.3 is 5.73 Å². The Kier molecular flexibility index (Phi) is 6.17. The molecule has 0 aliphatic heterocycles. The molecule has 0 fully saturated rings. The summed E-state index contributed by atoms with van der Waals surface area (Å²) in [6, 6.07) is 2.09. The molecule has 0 atom stereocenters. The molecule has 0 saturated heterocycles. The van der Waals surface area contributed by atoms with Gasteiger partial charge in [0, 0.05) is 17.0 Å². The number of hydrogen-bond donors (Lipinski definition) is 1. The first-order chi connectivity index (χ1) is 7.81. The third-order valence-corrected chi connectivity index (χ3v) is 3.33. The summed E-state index contributed by atoms with van der Waals surface area (Å²) >= 11 is 1.78. The van der Waals surface area contributed by atoms with Crippen molar-refractivity contribution >= 4 is 11.3 Å². The molecule has 2 nitrogen and oxygen atoms in total. The van der Waals surface area contributed by atoms with Crippen LogP contribution in [0.1, 0.15) is 30.7 Å². The average Bonchev–Trinajstić information content (AvgIpc) is 2.73. The molecule has 0 unspecified atom stereocenters. The van der Waals surface area contributed by atoms with E-state index in [1.165, 1.54) is 11.3 Å². The number of hydrogen-bond acceptors (Lipinski definition) is 3. The van der Waals surface area contributed by atoms with Crippen molar-refractivity contribution in [1.82, 2.24) is 4.90 Å². The van der Waals surface area contributed by atoms with E-state index in [1.54, 1.807) is 11.3 Å². The molecule has 0 amide bonds. The van der Waals surface area contributed by atoms with Crippen LogP contribution in [0.5, 0.6) is 0 Å². The Morgan fingerprint density at radius 3 is 2.88 bits per heavy atom. The predicted octanol–water partition coefficient (Wildman–Crippen LogP) is 2.29. The van der Waals surface area contributed by atoms with Crippen molar-refractivity contribution in [2.45, 2.75) is 26.8 Å². The van der Waals surface area contributed by atoms with E-state index in [4.69, 9.17) is 5.73 Å². The lowest BCUT2D eigenvalue weighted by Gasteiger charge is -2.18. The van der Waals surface area contributed by atoms with Gasteiger partial charge in [0.05, 0.1) is 6.54 Å². The molecule has 0 spiro atoms. The van der Waals surface area contributed by atoms with Gasteiger partial charge in [-0.3, -0.25) is 4.90 Å². The largest absolute Gasteiger partial charge is 0.320 e. The van der Waals surface area contributed by atoms with E-state index in [0.717, 1.165) is 25.2 Å². The maximum Gasteiger partial charge on any atom is 0.0555 e. The summed E-state index contributed by atoms with van der Waals surface area (Å²) in [6.45, 7) is 8.10. The van der Waals surface area contributed by atoms with Crippen LogP contribution < -0.4 is 5.73 Å². The highest BCUT2D eigenvalue weighted by Gasteiger charge is 2.07. The molecular weight excluding hydrogens is 216 g/mol. The van der Waals surface area contributed by atoms with Gasteiger partial charge in [0.1, 0.15) is 0 Å². The Balaban J connectivity index is 2.68. The molecule has 0 aromatic carbocycles. The Hall–Kier alpha value is -0.820. The van der Waals surface area contributed by atoms with E-state index in [9.17, 15) is 0 Å². The predicted molar refractivity (Wildman–Crippen MR) is 71.5 cm³/mol. The van der Waals surface area contributed by atoms with Gasteiger partial charge in [0.25, 0.3) is 0 Å². The van der Waals surface area contributed by atoms with Crippen LogP contribution in [-0.2, 0) is 6.54 Å². The molecule has 1 aromatic rings. The fourth-order valence-electron chi connectivity index (χ4n) is 1.59. The second kappa shape index (κ2) is 7.45. The molecule has 2 N–H and O–H groups in total. The van der Waals surface area contributed by atoms with E-state index in [0.29, 0.717) is 6.54 Å². The average molecular weight is 236 g/mol. The molecule has 0 bridgehead atoms. The monoisotopic (exact) mass is 236 g/mol. The first-order valence-corrected chi connectivity index (χ1v) is 6.67. The molecule has 0 radical (unpaired) electrons. The lowest BCUT2D eigenvalue weighted by Crippen LogP contribution is -2.23. The topological polar surface area (TPSA) is 29.3 Å². The zero-order valence-corrected chi connectivity index (χ0v) is 10.9. The van der Waals surface area contributed by atoms with Crippen molar-refractivity contribution in [3.63, 3.8) is 0 Å². The SMILES string of the molecule is CCCN(CC)Cc1sccc1C#CCN. The van der Waals surface area contributed by atoms with E-state index >= 15 is 0 Å². The van der Waals surface area contributed by atoms with Gasteiger partial charge >= 0.3 is 0 Å². The van der Waals surface area contributed by atoms with Crippen molar-refractivity contribution in [2.24, 2.45) is 5.73 Å². The van der Waals surface area contributed by atoms with Crippen LogP contribution in [0.2, 0.25) is 0 Å². The molecule has 1 aromatic heterocycles. The van der Waals surface area contributed by atoms with Gasteiger partial charge in [-0.05, 0) is 31.0 Å².